The first-order valence-electron chi connectivity index (χ1n) is 9.69. The van der Waals surface area contributed by atoms with Gasteiger partial charge in [-0.2, -0.15) is 5.10 Å². The van der Waals surface area contributed by atoms with Crippen molar-refractivity contribution in [2.45, 2.75) is 33.2 Å². The molecular weight excluding hydrogens is 356 g/mol. The van der Waals surface area contributed by atoms with Crippen LogP contribution in [0.3, 0.4) is 0 Å². The highest BCUT2D eigenvalue weighted by molar-refractivity contribution is 5.96. The van der Waals surface area contributed by atoms with Crippen LogP contribution in [0.15, 0.2) is 30.3 Å². The number of carbonyl (C=O) groups excluding carboxylic acids is 2. The van der Waals surface area contributed by atoms with Crippen molar-refractivity contribution in [1.29, 1.82) is 0 Å². The first-order chi connectivity index (χ1) is 13.5. The predicted molar refractivity (Wildman–Crippen MR) is 107 cm³/mol. The van der Waals surface area contributed by atoms with Gasteiger partial charge in [0.1, 0.15) is 0 Å². The first-order valence-corrected chi connectivity index (χ1v) is 9.69. The molecule has 0 radical (unpaired) electrons. The van der Waals surface area contributed by atoms with Gasteiger partial charge in [0.25, 0.3) is 5.91 Å². The molecule has 150 valence electrons. The quantitative estimate of drug-likeness (QED) is 0.831. The molecule has 1 aromatic heterocycles. The highest BCUT2D eigenvalue weighted by Crippen LogP contribution is 2.24. The highest BCUT2D eigenvalue weighted by atomic mass is 16.5. The van der Waals surface area contributed by atoms with Crippen LogP contribution in [0.4, 0.5) is 5.69 Å². The summed E-state index contributed by atoms with van der Waals surface area (Å²) in [5, 5.41) is 7.53. The number of anilines is 1. The van der Waals surface area contributed by atoms with E-state index in [4.69, 9.17) is 4.74 Å². The number of likely N-dealkylation sites (tertiary alicyclic amines) is 1. The molecule has 1 fully saturated rings. The van der Waals surface area contributed by atoms with Crippen LogP contribution in [0.5, 0.6) is 0 Å². The first kappa shape index (κ1) is 20.1. The largest absolute Gasteiger partial charge is 0.383 e. The third-order valence-corrected chi connectivity index (χ3v) is 5.24. The number of rotatable bonds is 6. The fourth-order valence-corrected chi connectivity index (χ4v) is 3.64. The Morgan fingerprint density at radius 3 is 2.71 bits per heavy atom. The van der Waals surface area contributed by atoms with Crippen LogP contribution in [0.2, 0.25) is 0 Å². The van der Waals surface area contributed by atoms with Gasteiger partial charge in [0.2, 0.25) is 5.91 Å². The molecule has 1 unspecified atom stereocenters. The second-order valence-corrected chi connectivity index (χ2v) is 7.21. The molecule has 0 spiro atoms. The van der Waals surface area contributed by atoms with E-state index in [9.17, 15) is 9.59 Å². The van der Waals surface area contributed by atoms with Gasteiger partial charge in [-0.1, -0.05) is 18.2 Å². The van der Waals surface area contributed by atoms with E-state index in [1.54, 1.807) is 12.0 Å². The van der Waals surface area contributed by atoms with E-state index in [0.29, 0.717) is 31.8 Å². The predicted octanol–water partition coefficient (Wildman–Crippen LogP) is 2.64. The van der Waals surface area contributed by atoms with Gasteiger partial charge < -0.3 is 15.0 Å². The summed E-state index contributed by atoms with van der Waals surface area (Å²) in [6.45, 7) is 6.16. The van der Waals surface area contributed by atoms with Crippen molar-refractivity contribution < 1.29 is 14.3 Å². The van der Waals surface area contributed by atoms with Crippen molar-refractivity contribution in [2.24, 2.45) is 5.92 Å². The third-order valence-electron chi connectivity index (χ3n) is 5.24. The number of aromatic nitrogens is 2. The number of carbonyl (C=O) groups is 2. The summed E-state index contributed by atoms with van der Waals surface area (Å²) >= 11 is 0. The molecule has 2 amide bonds. The van der Waals surface area contributed by atoms with E-state index in [-0.39, 0.29) is 17.7 Å². The standard InChI is InChI=1S/C21H28N4O3/c1-15-19(16(2)25(23-15)12-13-28-3)22-20(26)18-10-7-11-24(14-18)21(27)17-8-5-4-6-9-17/h4-6,8-9,18H,7,10-14H2,1-3H3,(H,22,26). The van der Waals surface area contributed by atoms with Crippen LogP contribution in [-0.2, 0) is 16.1 Å². The molecule has 1 N–H and O–H groups in total. The number of aryl methyl sites for hydroxylation is 1. The number of piperidine rings is 1. The minimum atomic E-state index is -0.220. The fraction of sp³-hybridized carbons (Fsp3) is 0.476. The molecule has 1 aromatic carbocycles. The maximum Gasteiger partial charge on any atom is 0.253 e. The smallest absolute Gasteiger partial charge is 0.253 e. The molecular formula is C21H28N4O3. The van der Waals surface area contributed by atoms with Crippen LogP contribution in [0, 0.1) is 19.8 Å². The lowest BCUT2D eigenvalue weighted by Gasteiger charge is -2.32. The Labute approximate surface area is 165 Å². The normalized spacial score (nSPS) is 16.8. The molecule has 1 atom stereocenters. The average Bonchev–Trinajstić information content (AvgIpc) is 2.99. The van der Waals surface area contributed by atoms with Gasteiger partial charge in [-0.3, -0.25) is 14.3 Å². The summed E-state index contributed by atoms with van der Waals surface area (Å²) in [7, 11) is 1.65. The maximum atomic E-state index is 12.9. The monoisotopic (exact) mass is 384 g/mol. The number of methoxy groups -OCH3 is 1. The molecule has 1 saturated heterocycles. The van der Waals surface area contributed by atoms with Gasteiger partial charge in [-0.05, 0) is 38.8 Å². The van der Waals surface area contributed by atoms with Crippen LogP contribution in [0.25, 0.3) is 0 Å². The molecule has 0 aliphatic carbocycles. The zero-order valence-electron chi connectivity index (χ0n) is 16.8. The summed E-state index contributed by atoms with van der Waals surface area (Å²) in [5.74, 6) is -0.288. The van der Waals surface area contributed by atoms with Crippen LogP contribution in [-0.4, -0.2) is 53.3 Å². The van der Waals surface area contributed by atoms with E-state index >= 15 is 0 Å². The van der Waals surface area contributed by atoms with E-state index in [0.717, 1.165) is 29.9 Å². The Hall–Kier alpha value is -2.67. The fourth-order valence-electron chi connectivity index (χ4n) is 3.64. The molecule has 7 heteroatoms. The summed E-state index contributed by atoms with van der Waals surface area (Å²) in [6.07, 6.45) is 1.60. The third kappa shape index (κ3) is 4.42. The van der Waals surface area contributed by atoms with Gasteiger partial charge in [-0.25, -0.2) is 0 Å². The van der Waals surface area contributed by atoms with E-state index in [1.807, 2.05) is 48.9 Å². The van der Waals surface area contributed by atoms with Gasteiger partial charge in [0, 0.05) is 25.8 Å². The van der Waals surface area contributed by atoms with E-state index < -0.39 is 0 Å². The number of amides is 2. The zero-order valence-corrected chi connectivity index (χ0v) is 16.8. The summed E-state index contributed by atoms with van der Waals surface area (Å²) in [6, 6.07) is 9.23. The molecule has 7 nitrogen and oxygen atoms in total. The Morgan fingerprint density at radius 1 is 1.25 bits per heavy atom. The van der Waals surface area contributed by atoms with Crippen molar-refractivity contribution in [3.8, 4) is 0 Å². The molecule has 0 bridgehead atoms. The second-order valence-electron chi connectivity index (χ2n) is 7.21. The van der Waals surface area contributed by atoms with Crippen molar-refractivity contribution >= 4 is 17.5 Å². The Morgan fingerprint density at radius 2 is 2.00 bits per heavy atom. The highest BCUT2D eigenvalue weighted by Gasteiger charge is 2.29. The number of hydrogen-bond donors (Lipinski definition) is 1. The Balaban J connectivity index is 1.66. The SMILES string of the molecule is COCCn1nc(C)c(NC(=O)C2CCCN(C(=O)c3ccccc3)C2)c1C. The molecule has 1 aliphatic heterocycles. The molecule has 3 rings (SSSR count). The van der Waals surface area contributed by atoms with Crippen molar-refractivity contribution in [3.05, 3.63) is 47.3 Å². The van der Waals surface area contributed by atoms with Gasteiger partial charge >= 0.3 is 0 Å². The molecule has 2 heterocycles. The van der Waals surface area contributed by atoms with E-state index in [1.165, 1.54) is 0 Å². The van der Waals surface area contributed by atoms with Gasteiger partial charge in [-0.15, -0.1) is 0 Å². The molecule has 1 aliphatic rings. The Kier molecular flexibility index (Phi) is 6.46. The lowest BCUT2D eigenvalue weighted by Crippen LogP contribution is -2.43. The molecule has 2 aromatic rings. The second kappa shape index (κ2) is 9.01. The molecule has 28 heavy (non-hydrogen) atoms. The molecule has 0 saturated carbocycles. The lowest BCUT2D eigenvalue weighted by molar-refractivity contribution is -0.121. The zero-order chi connectivity index (χ0) is 20.1. The number of benzene rings is 1. The average molecular weight is 384 g/mol. The number of nitrogens with zero attached hydrogens (tertiary/aromatic N) is 3. The van der Waals surface area contributed by atoms with Gasteiger partial charge in [0.15, 0.2) is 0 Å². The maximum absolute atomic E-state index is 12.9. The lowest BCUT2D eigenvalue weighted by atomic mass is 9.96. The minimum Gasteiger partial charge on any atom is -0.383 e. The summed E-state index contributed by atoms with van der Waals surface area (Å²) in [4.78, 5) is 27.4. The van der Waals surface area contributed by atoms with Gasteiger partial charge in [0.05, 0.1) is 36.1 Å². The number of hydrogen-bond acceptors (Lipinski definition) is 4. The summed E-state index contributed by atoms with van der Waals surface area (Å²) in [5.41, 5.74) is 3.12. The van der Waals surface area contributed by atoms with Crippen LogP contribution >= 0.6 is 0 Å². The number of ether oxygens (including phenoxy) is 1. The minimum absolute atomic E-state index is 0.0159. The summed E-state index contributed by atoms with van der Waals surface area (Å²) < 4.78 is 6.96. The van der Waals surface area contributed by atoms with Crippen LogP contribution in [0.1, 0.15) is 34.6 Å². The Bertz CT molecular complexity index is 832. The van der Waals surface area contributed by atoms with Crippen molar-refractivity contribution in [2.75, 3.05) is 32.1 Å². The number of nitrogens with one attached hydrogen (secondary N) is 1. The van der Waals surface area contributed by atoms with E-state index in [2.05, 4.69) is 10.4 Å². The van der Waals surface area contributed by atoms with Crippen molar-refractivity contribution in [3.63, 3.8) is 0 Å². The van der Waals surface area contributed by atoms with Crippen LogP contribution < -0.4 is 5.32 Å². The van der Waals surface area contributed by atoms with Crippen molar-refractivity contribution in [1.82, 2.24) is 14.7 Å². The topological polar surface area (TPSA) is 76.5 Å².